The number of anilines is 2. The molecule has 0 aliphatic rings. The summed E-state index contributed by atoms with van der Waals surface area (Å²) < 4.78 is 0. The van der Waals surface area contributed by atoms with Gasteiger partial charge in [-0.25, -0.2) is 0 Å². The highest BCUT2D eigenvalue weighted by molar-refractivity contribution is 5.98. The van der Waals surface area contributed by atoms with E-state index in [9.17, 15) is 0 Å². The lowest BCUT2D eigenvalue weighted by Gasteiger charge is -2.02. The van der Waals surface area contributed by atoms with Crippen LogP contribution in [0.3, 0.4) is 0 Å². The number of rotatable bonds is 0. The van der Waals surface area contributed by atoms with E-state index in [0.29, 0.717) is 5.69 Å². The van der Waals surface area contributed by atoms with Gasteiger partial charge in [-0.15, -0.1) is 0 Å². The number of benzene rings is 1. The highest BCUT2D eigenvalue weighted by atomic mass is 15.1. The second kappa shape index (κ2) is 2.14. The van der Waals surface area contributed by atoms with E-state index >= 15 is 0 Å². The van der Waals surface area contributed by atoms with Gasteiger partial charge in [0.2, 0.25) is 0 Å². The molecule has 0 saturated carbocycles. The van der Waals surface area contributed by atoms with Crippen molar-refractivity contribution in [3.05, 3.63) is 17.8 Å². The van der Waals surface area contributed by atoms with E-state index in [1.165, 1.54) is 0 Å². The number of nitrogens with one attached hydrogen (secondary N) is 1. The summed E-state index contributed by atoms with van der Waals surface area (Å²) in [6, 6.07) is 1.85. The average Bonchev–Trinajstić information content (AvgIpc) is 2.48. The Hall–Kier alpha value is -1.71. The van der Waals surface area contributed by atoms with Crippen molar-refractivity contribution in [1.82, 2.24) is 10.2 Å². The molecule has 12 heavy (non-hydrogen) atoms. The first-order chi connectivity index (χ1) is 5.70. The molecule has 0 fully saturated rings. The van der Waals surface area contributed by atoms with E-state index in [4.69, 9.17) is 11.5 Å². The smallest absolute Gasteiger partial charge is 0.0903 e. The number of aromatic amines is 1. The van der Waals surface area contributed by atoms with Crippen molar-refractivity contribution in [2.24, 2.45) is 0 Å². The van der Waals surface area contributed by atoms with Crippen molar-refractivity contribution >= 4 is 22.3 Å². The van der Waals surface area contributed by atoms with Crippen LogP contribution in [0.5, 0.6) is 0 Å². The van der Waals surface area contributed by atoms with Crippen LogP contribution in [0.25, 0.3) is 10.9 Å². The molecule has 0 aliphatic heterocycles. The zero-order chi connectivity index (χ0) is 8.72. The fraction of sp³-hybridized carbons (Fsp3) is 0.125. The molecule has 1 heterocycles. The molecular weight excluding hydrogens is 152 g/mol. The van der Waals surface area contributed by atoms with E-state index in [2.05, 4.69) is 10.2 Å². The summed E-state index contributed by atoms with van der Waals surface area (Å²) >= 11 is 0. The van der Waals surface area contributed by atoms with Crippen molar-refractivity contribution in [2.75, 3.05) is 11.5 Å². The molecule has 0 unspecified atom stereocenters. The highest BCUT2D eigenvalue weighted by Crippen LogP contribution is 2.27. The number of aromatic nitrogens is 2. The quantitative estimate of drug-likeness (QED) is 0.506. The molecule has 0 aliphatic carbocycles. The normalized spacial score (nSPS) is 10.8. The summed E-state index contributed by atoms with van der Waals surface area (Å²) in [6.45, 7) is 1.92. The Balaban J connectivity index is 2.97. The van der Waals surface area contributed by atoms with E-state index in [1.54, 1.807) is 6.20 Å². The number of nitrogens with zero attached hydrogens (tertiary/aromatic N) is 1. The van der Waals surface area contributed by atoms with Gasteiger partial charge in [0.1, 0.15) is 0 Å². The minimum absolute atomic E-state index is 0.713. The van der Waals surface area contributed by atoms with Crippen LogP contribution in [0.15, 0.2) is 12.3 Å². The highest BCUT2D eigenvalue weighted by Gasteiger charge is 2.05. The molecule has 2 rings (SSSR count). The molecule has 4 heteroatoms. The van der Waals surface area contributed by atoms with Crippen LogP contribution in [0.2, 0.25) is 0 Å². The van der Waals surface area contributed by atoms with Crippen LogP contribution in [0.4, 0.5) is 11.4 Å². The maximum atomic E-state index is 5.80. The van der Waals surface area contributed by atoms with Crippen LogP contribution in [-0.4, -0.2) is 10.2 Å². The van der Waals surface area contributed by atoms with Crippen molar-refractivity contribution in [3.8, 4) is 0 Å². The summed E-state index contributed by atoms with van der Waals surface area (Å²) in [7, 11) is 0. The Morgan fingerprint density at radius 1 is 1.42 bits per heavy atom. The van der Waals surface area contributed by atoms with E-state index in [-0.39, 0.29) is 0 Å². The third kappa shape index (κ3) is 0.747. The molecule has 1 aromatic carbocycles. The minimum atomic E-state index is 0.713. The molecule has 5 N–H and O–H groups in total. The summed E-state index contributed by atoms with van der Waals surface area (Å²) in [4.78, 5) is 0. The van der Waals surface area contributed by atoms with Crippen LogP contribution >= 0.6 is 0 Å². The predicted octanol–water partition coefficient (Wildman–Crippen LogP) is 1.04. The Kier molecular flexibility index (Phi) is 1.24. The first-order valence-corrected chi connectivity index (χ1v) is 3.68. The fourth-order valence-corrected chi connectivity index (χ4v) is 1.30. The number of nitrogens with two attached hydrogens (primary N) is 2. The lowest BCUT2D eigenvalue weighted by atomic mass is 10.1. The monoisotopic (exact) mass is 162 g/mol. The van der Waals surface area contributed by atoms with Crippen molar-refractivity contribution < 1.29 is 0 Å². The van der Waals surface area contributed by atoms with Crippen LogP contribution in [0, 0.1) is 6.92 Å². The molecule has 0 spiro atoms. The molecule has 1 aromatic heterocycles. The third-order valence-electron chi connectivity index (χ3n) is 2.02. The fourth-order valence-electron chi connectivity index (χ4n) is 1.30. The molecule has 0 bridgehead atoms. The first-order valence-electron chi connectivity index (χ1n) is 3.68. The van der Waals surface area contributed by atoms with Crippen molar-refractivity contribution in [1.29, 1.82) is 0 Å². The summed E-state index contributed by atoms with van der Waals surface area (Å²) in [5, 5.41) is 7.58. The number of hydrogen-bond acceptors (Lipinski definition) is 3. The van der Waals surface area contributed by atoms with Gasteiger partial charge in [-0.05, 0) is 18.6 Å². The maximum absolute atomic E-state index is 5.80. The summed E-state index contributed by atoms with van der Waals surface area (Å²) in [5.41, 5.74) is 14.8. The predicted molar refractivity (Wildman–Crippen MR) is 49.7 cm³/mol. The van der Waals surface area contributed by atoms with Gasteiger partial charge in [0.15, 0.2) is 0 Å². The number of nitrogen functional groups attached to an aromatic ring is 2. The van der Waals surface area contributed by atoms with Crippen LogP contribution < -0.4 is 11.5 Å². The number of aryl methyl sites for hydroxylation is 1. The number of hydrogen-bond donors (Lipinski definition) is 3. The van der Waals surface area contributed by atoms with Gasteiger partial charge in [0, 0.05) is 11.1 Å². The van der Waals surface area contributed by atoms with Gasteiger partial charge in [-0.1, -0.05) is 0 Å². The average molecular weight is 162 g/mol. The van der Waals surface area contributed by atoms with Gasteiger partial charge >= 0.3 is 0 Å². The summed E-state index contributed by atoms with van der Waals surface area (Å²) in [6.07, 6.45) is 1.68. The maximum Gasteiger partial charge on any atom is 0.0903 e. The van der Waals surface area contributed by atoms with Crippen molar-refractivity contribution in [3.63, 3.8) is 0 Å². The molecule has 4 nitrogen and oxygen atoms in total. The Labute approximate surface area is 69.6 Å². The zero-order valence-electron chi connectivity index (χ0n) is 6.76. The van der Waals surface area contributed by atoms with E-state index in [0.717, 1.165) is 22.2 Å². The largest absolute Gasteiger partial charge is 0.398 e. The second-order valence-electron chi connectivity index (χ2n) is 2.86. The standard InChI is InChI=1S/C8H10N4/c1-4-2-6(9)5-3-11-12-8(5)7(4)10/h2-3H,9-10H2,1H3,(H,11,12). The topological polar surface area (TPSA) is 80.7 Å². The molecular formula is C8H10N4. The Bertz CT molecular complexity index is 430. The SMILES string of the molecule is Cc1cc(N)c2cn[nH]c2c1N. The Morgan fingerprint density at radius 3 is 2.92 bits per heavy atom. The second-order valence-corrected chi connectivity index (χ2v) is 2.86. The van der Waals surface area contributed by atoms with Crippen molar-refractivity contribution in [2.45, 2.75) is 6.92 Å². The lowest BCUT2D eigenvalue weighted by molar-refractivity contribution is 1.12. The van der Waals surface area contributed by atoms with E-state index < -0.39 is 0 Å². The van der Waals surface area contributed by atoms with Gasteiger partial charge in [-0.3, -0.25) is 5.10 Å². The first kappa shape index (κ1) is 6.97. The third-order valence-corrected chi connectivity index (χ3v) is 2.02. The van der Waals surface area contributed by atoms with Gasteiger partial charge < -0.3 is 11.5 Å². The zero-order valence-corrected chi connectivity index (χ0v) is 6.76. The lowest BCUT2D eigenvalue weighted by Crippen LogP contribution is -1.94. The number of H-pyrrole nitrogens is 1. The number of fused-ring (bicyclic) bond motifs is 1. The van der Waals surface area contributed by atoms with Crippen LogP contribution in [-0.2, 0) is 0 Å². The molecule has 0 amide bonds. The minimum Gasteiger partial charge on any atom is -0.398 e. The molecule has 0 radical (unpaired) electrons. The van der Waals surface area contributed by atoms with Gasteiger partial charge in [0.25, 0.3) is 0 Å². The molecule has 62 valence electrons. The molecule has 2 aromatic rings. The Morgan fingerprint density at radius 2 is 2.17 bits per heavy atom. The van der Waals surface area contributed by atoms with Gasteiger partial charge in [0.05, 0.1) is 17.4 Å². The molecule has 0 saturated heterocycles. The van der Waals surface area contributed by atoms with Gasteiger partial charge in [-0.2, -0.15) is 5.10 Å². The van der Waals surface area contributed by atoms with Crippen LogP contribution in [0.1, 0.15) is 5.56 Å². The van der Waals surface area contributed by atoms with E-state index in [1.807, 2.05) is 13.0 Å². The molecule has 0 atom stereocenters. The summed E-state index contributed by atoms with van der Waals surface area (Å²) in [5.74, 6) is 0.